The molecule has 0 aliphatic rings. The Bertz CT molecular complexity index is 241. The molecule has 3 heteroatoms. The van der Waals surface area contributed by atoms with E-state index in [1.807, 2.05) is 6.92 Å². The van der Waals surface area contributed by atoms with Crippen molar-refractivity contribution in [1.29, 1.82) is 0 Å². The van der Waals surface area contributed by atoms with Crippen molar-refractivity contribution in [3.05, 3.63) is 0 Å². The molecular formula is C20H39O3. The smallest absolute Gasteiger partial charge is 0.305 e. The minimum absolute atomic E-state index is 0.0436. The summed E-state index contributed by atoms with van der Waals surface area (Å²) in [4.78, 5) is 11.2. The minimum atomic E-state index is -0.0436. The van der Waals surface area contributed by atoms with Crippen LogP contribution in [-0.2, 0) is 14.6 Å². The average Bonchev–Trinajstić information content (AvgIpc) is 2.54. The second-order valence-corrected chi connectivity index (χ2v) is 6.56. The Balaban J connectivity index is 3.01. The first kappa shape index (κ1) is 22.4. The predicted molar refractivity (Wildman–Crippen MR) is 96.1 cm³/mol. The topological polar surface area (TPSA) is 46.2 Å². The van der Waals surface area contributed by atoms with Crippen molar-refractivity contribution >= 4 is 5.97 Å². The summed E-state index contributed by atoms with van der Waals surface area (Å²) < 4.78 is 4.91. The maximum absolute atomic E-state index is 11.2. The number of unbranched alkanes of at least 4 members (excludes halogenated alkanes) is 14. The molecule has 0 saturated heterocycles. The van der Waals surface area contributed by atoms with Crippen molar-refractivity contribution in [2.24, 2.45) is 0 Å². The van der Waals surface area contributed by atoms with Gasteiger partial charge in [0.1, 0.15) is 0 Å². The number of rotatable bonds is 18. The highest BCUT2D eigenvalue weighted by molar-refractivity contribution is 5.69. The van der Waals surface area contributed by atoms with Crippen LogP contribution in [0, 0.1) is 0 Å². The molecule has 0 N–H and O–H groups in total. The average molecular weight is 328 g/mol. The summed E-state index contributed by atoms with van der Waals surface area (Å²) in [6.45, 7) is 2.46. The van der Waals surface area contributed by atoms with Gasteiger partial charge in [0.15, 0.2) is 0 Å². The van der Waals surface area contributed by atoms with Crippen molar-refractivity contribution in [3.63, 3.8) is 0 Å². The van der Waals surface area contributed by atoms with Crippen molar-refractivity contribution in [3.8, 4) is 0 Å². The van der Waals surface area contributed by atoms with E-state index in [1.54, 1.807) is 0 Å². The zero-order valence-corrected chi connectivity index (χ0v) is 15.5. The van der Waals surface area contributed by atoms with Gasteiger partial charge in [0.2, 0.25) is 0 Å². The maximum atomic E-state index is 11.2. The van der Waals surface area contributed by atoms with Gasteiger partial charge in [0.25, 0.3) is 0 Å². The summed E-state index contributed by atoms with van der Waals surface area (Å²) in [5, 5.41) is 10.3. The monoisotopic (exact) mass is 327 g/mol. The highest BCUT2D eigenvalue weighted by Crippen LogP contribution is 2.13. The van der Waals surface area contributed by atoms with E-state index < -0.39 is 0 Å². The number of hydrogen-bond acceptors (Lipinski definition) is 2. The fourth-order valence-corrected chi connectivity index (χ4v) is 2.90. The standard InChI is InChI=1S/C20H39O3/c1-2-23-20(22)18-16-14-12-10-8-6-4-3-5-7-9-11-13-15-17-19-21/h2-19H2,1H3. The van der Waals surface area contributed by atoms with E-state index in [0.29, 0.717) is 13.0 Å². The SMILES string of the molecule is CCOC(=O)CCCCCCCCCCCCCCCCC[O]. The lowest BCUT2D eigenvalue weighted by Gasteiger charge is -2.04. The molecule has 0 aliphatic carbocycles. The zero-order valence-electron chi connectivity index (χ0n) is 15.5. The molecule has 0 amide bonds. The molecule has 0 bridgehead atoms. The van der Waals surface area contributed by atoms with E-state index in [4.69, 9.17) is 4.74 Å². The van der Waals surface area contributed by atoms with Crippen molar-refractivity contribution in [2.45, 2.75) is 110 Å². The fraction of sp³-hybridized carbons (Fsp3) is 0.950. The van der Waals surface area contributed by atoms with Crippen LogP contribution in [0.4, 0.5) is 0 Å². The molecule has 0 aromatic rings. The zero-order chi connectivity index (χ0) is 17.0. The highest BCUT2D eigenvalue weighted by Gasteiger charge is 2.00. The van der Waals surface area contributed by atoms with E-state index in [1.165, 1.54) is 70.6 Å². The number of carbonyl (C=O) groups is 1. The summed E-state index contributed by atoms with van der Waals surface area (Å²) in [6, 6.07) is 0. The Hall–Kier alpha value is -0.570. The van der Waals surface area contributed by atoms with E-state index in [9.17, 15) is 9.90 Å². The number of ether oxygens (including phenoxy) is 1. The second kappa shape index (κ2) is 19.5. The van der Waals surface area contributed by atoms with Gasteiger partial charge in [-0.1, -0.05) is 83.5 Å². The van der Waals surface area contributed by atoms with Crippen LogP contribution in [0.25, 0.3) is 0 Å². The first-order chi connectivity index (χ1) is 11.3. The molecule has 0 fully saturated rings. The van der Waals surface area contributed by atoms with Crippen molar-refractivity contribution in [1.82, 2.24) is 0 Å². The largest absolute Gasteiger partial charge is 0.466 e. The van der Waals surface area contributed by atoms with E-state index >= 15 is 0 Å². The Kier molecular flexibility index (Phi) is 19.0. The summed E-state index contributed by atoms with van der Waals surface area (Å²) in [5.74, 6) is -0.0436. The molecule has 0 aromatic heterocycles. The third kappa shape index (κ3) is 19.4. The molecule has 0 saturated carbocycles. The van der Waals surface area contributed by atoms with Gasteiger partial charge in [0, 0.05) is 6.42 Å². The number of carbonyl (C=O) groups excluding carboxylic acids is 1. The highest BCUT2D eigenvalue weighted by atomic mass is 16.5. The Morgan fingerprint density at radius 3 is 1.30 bits per heavy atom. The van der Waals surface area contributed by atoms with E-state index in [-0.39, 0.29) is 12.6 Å². The van der Waals surface area contributed by atoms with Crippen LogP contribution in [0.5, 0.6) is 0 Å². The van der Waals surface area contributed by atoms with Gasteiger partial charge in [-0.3, -0.25) is 4.79 Å². The summed E-state index contributed by atoms with van der Waals surface area (Å²) >= 11 is 0. The minimum Gasteiger partial charge on any atom is -0.466 e. The molecule has 0 atom stereocenters. The molecule has 0 heterocycles. The van der Waals surface area contributed by atoms with Gasteiger partial charge in [-0.05, 0) is 19.8 Å². The first-order valence-electron chi connectivity index (χ1n) is 10.0. The van der Waals surface area contributed by atoms with Crippen molar-refractivity contribution in [2.75, 3.05) is 13.2 Å². The molecule has 137 valence electrons. The van der Waals surface area contributed by atoms with Gasteiger partial charge in [-0.25, -0.2) is 5.11 Å². The quantitative estimate of drug-likeness (QED) is 0.221. The summed E-state index contributed by atoms with van der Waals surface area (Å²) in [7, 11) is 0. The molecule has 23 heavy (non-hydrogen) atoms. The van der Waals surface area contributed by atoms with Gasteiger partial charge in [-0.2, -0.15) is 0 Å². The van der Waals surface area contributed by atoms with Crippen LogP contribution in [-0.4, -0.2) is 19.2 Å². The van der Waals surface area contributed by atoms with Crippen LogP contribution in [0.15, 0.2) is 0 Å². The number of esters is 1. The lowest BCUT2D eigenvalue weighted by Crippen LogP contribution is -2.03. The Morgan fingerprint density at radius 1 is 0.609 bits per heavy atom. The maximum Gasteiger partial charge on any atom is 0.305 e. The second-order valence-electron chi connectivity index (χ2n) is 6.56. The molecular weight excluding hydrogens is 288 g/mol. The molecule has 1 radical (unpaired) electrons. The fourth-order valence-electron chi connectivity index (χ4n) is 2.90. The molecule has 0 aromatic carbocycles. The van der Waals surface area contributed by atoms with E-state index in [0.717, 1.165) is 25.7 Å². The molecule has 0 aliphatic heterocycles. The van der Waals surface area contributed by atoms with Gasteiger partial charge >= 0.3 is 5.97 Å². The first-order valence-corrected chi connectivity index (χ1v) is 10.0. The lowest BCUT2D eigenvalue weighted by atomic mass is 10.0. The van der Waals surface area contributed by atoms with Crippen LogP contribution in [0.2, 0.25) is 0 Å². The lowest BCUT2D eigenvalue weighted by molar-refractivity contribution is -0.143. The van der Waals surface area contributed by atoms with Gasteiger partial charge in [0.05, 0.1) is 13.2 Å². The normalized spacial score (nSPS) is 10.9. The van der Waals surface area contributed by atoms with Crippen LogP contribution in [0.3, 0.4) is 0 Å². The molecule has 0 spiro atoms. The molecule has 0 rings (SSSR count). The summed E-state index contributed by atoms with van der Waals surface area (Å²) in [6.07, 6.45) is 19.4. The van der Waals surface area contributed by atoms with E-state index in [2.05, 4.69) is 0 Å². The third-order valence-corrected chi connectivity index (χ3v) is 4.33. The Labute approximate surface area is 144 Å². The van der Waals surface area contributed by atoms with Crippen LogP contribution in [0.1, 0.15) is 110 Å². The van der Waals surface area contributed by atoms with Crippen LogP contribution >= 0.6 is 0 Å². The number of hydrogen-bond donors (Lipinski definition) is 0. The van der Waals surface area contributed by atoms with Crippen molar-refractivity contribution < 1.29 is 14.6 Å². The van der Waals surface area contributed by atoms with Gasteiger partial charge in [-0.15, -0.1) is 0 Å². The Morgan fingerprint density at radius 2 is 0.957 bits per heavy atom. The van der Waals surface area contributed by atoms with Crippen LogP contribution < -0.4 is 0 Å². The summed E-state index contributed by atoms with van der Waals surface area (Å²) in [5.41, 5.74) is 0. The predicted octanol–water partition coefficient (Wildman–Crippen LogP) is 6.22. The van der Waals surface area contributed by atoms with Gasteiger partial charge < -0.3 is 4.74 Å². The third-order valence-electron chi connectivity index (χ3n) is 4.33. The molecule has 0 unspecified atom stereocenters. The molecule has 3 nitrogen and oxygen atoms in total.